The summed E-state index contributed by atoms with van der Waals surface area (Å²) in [5.41, 5.74) is 4.80. The fraction of sp³-hybridized carbons (Fsp3) is 0.174. The van der Waals surface area contributed by atoms with Gasteiger partial charge in [-0.25, -0.2) is 9.67 Å². The van der Waals surface area contributed by atoms with Crippen LogP contribution in [0.4, 0.5) is 0 Å². The number of pyridine rings is 1. The van der Waals surface area contributed by atoms with Crippen LogP contribution in [0.25, 0.3) is 11.0 Å². The van der Waals surface area contributed by atoms with Crippen LogP contribution >= 0.6 is 11.6 Å². The summed E-state index contributed by atoms with van der Waals surface area (Å²) < 4.78 is 1.85. The van der Waals surface area contributed by atoms with Gasteiger partial charge in [0, 0.05) is 11.1 Å². The van der Waals surface area contributed by atoms with E-state index in [2.05, 4.69) is 24.2 Å². The Bertz CT molecular complexity index is 1210. The lowest BCUT2D eigenvalue weighted by Gasteiger charge is -2.15. The van der Waals surface area contributed by atoms with E-state index in [0.29, 0.717) is 28.3 Å². The molecular weight excluding hydrogens is 370 g/mol. The third kappa shape index (κ3) is 2.56. The van der Waals surface area contributed by atoms with Crippen molar-refractivity contribution in [3.05, 3.63) is 93.8 Å². The molecule has 1 atom stereocenters. The summed E-state index contributed by atoms with van der Waals surface area (Å²) in [5, 5.41) is 5.94. The highest BCUT2D eigenvalue weighted by Crippen LogP contribution is 2.34. The summed E-state index contributed by atoms with van der Waals surface area (Å²) in [6, 6.07) is 17.8. The number of nitrogens with zero attached hydrogens (tertiary/aromatic N) is 3. The molecule has 138 valence electrons. The van der Waals surface area contributed by atoms with E-state index in [4.69, 9.17) is 16.6 Å². The molecule has 5 heteroatoms. The highest BCUT2D eigenvalue weighted by atomic mass is 35.5. The highest BCUT2D eigenvalue weighted by Gasteiger charge is 2.27. The molecule has 2 aromatic heterocycles. The fourth-order valence-electron chi connectivity index (χ4n) is 3.98. The second-order valence-electron chi connectivity index (χ2n) is 7.15. The second kappa shape index (κ2) is 6.57. The maximum Gasteiger partial charge on any atom is 0.212 e. The van der Waals surface area contributed by atoms with Crippen molar-refractivity contribution in [2.75, 3.05) is 0 Å². The minimum atomic E-state index is -0.0629. The second-order valence-corrected chi connectivity index (χ2v) is 7.53. The standard InChI is InChI=1S/C23H18ClN3O/c1-14(15-7-3-2-4-8-15)27-23-19(13-25-27)20(24)18-12-11-16-9-5-6-10-17(16)22(28)21(18)26-23/h2-10,13-14H,11-12H2,1H3. The van der Waals surface area contributed by atoms with Gasteiger partial charge >= 0.3 is 0 Å². The number of rotatable bonds is 2. The lowest BCUT2D eigenvalue weighted by molar-refractivity contribution is 0.103. The van der Waals surface area contributed by atoms with Gasteiger partial charge in [-0.05, 0) is 30.9 Å². The summed E-state index contributed by atoms with van der Waals surface area (Å²) in [4.78, 5) is 18.0. The zero-order valence-corrected chi connectivity index (χ0v) is 16.1. The number of hydrogen-bond donors (Lipinski definition) is 0. The van der Waals surface area contributed by atoms with Gasteiger partial charge in [-0.2, -0.15) is 5.10 Å². The molecule has 0 fully saturated rings. The van der Waals surface area contributed by atoms with Crippen LogP contribution in [-0.2, 0) is 12.8 Å². The zero-order valence-electron chi connectivity index (χ0n) is 15.4. The Balaban J connectivity index is 1.71. The molecule has 4 aromatic rings. The van der Waals surface area contributed by atoms with Crippen LogP contribution in [0.5, 0.6) is 0 Å². The number of carbonyl (C=O) groups excluding carboxylic acids is 1. The summed E-state index contributed by atoms with van der Waals surface area (Å²) in [7, 11) is 0. The molecule has 0 N–H and O–H groups in total. The van der Waals surface area contributed by atoms with Gasteiger partial charge in [-0.3, -0.25) is 4.79 Å². The predicted molar refractivity (Wildman–Crippen MR) is 110 cm³/mol. The fourth-order valence-corrected chi connectivity index (χ4v) is 4.30. The molecule has 1 aliphatic rings. The van der Waals surface area contributed by atoms with Crippen LogP contribution in [0.3, 0.4) is 0 Å². The number of ketones is 1. The van der Waals surface area contributed by atoms with Gasteiger partial charge < -0.3 is 0 Å². The van der Waals surface area contributed by atoms with E-state index >= 15 is 0 Å². The van der Waals surface area contributed by atoms with E-state index in [1.165, 1.54) is 0 Å². The van der Waals surface area contributed by atoms with Crippen molar-refractivity contribution in [1.29, 1.82) is 0 Å². The maximum absolute atomic E-state index is 13.2. The Morgan fingerprint density at radius 2 is 1.79 bits per heavy atom. The van der Waals surface area contributed by atoms with Crippen molar-refractivity contribution in [3.63, 3.8) is 0 Å². The minimum absolute atomic E-state index is 0.0199. The van der Waals surface area contributed by atoms with Crippen LogP contribution in [0.15, 0.2) is 60.8 Å². The molecule has 2 heterocycles. The predicted octanol–water partition coefficient (Wildman–Crippen LogP) is 5.02. The molecule has 0 spiro atoms. The smallest absolute Gasteiger partial charge is 0.212 e. The molecule has 0 saturated carbocycles. The van der Waals surface area contributed by atoms with Crippen LogP contribution < -0.4 is 0 Å². The van der Waals surface area contributed by atoms with Crippen molar-refractivity contribution < 1.29 is 4.79 Å². The Hall–Kier alpha value is -2.98. The molecule has 0 aliphatic heterocycles. The first kappa shape index (κ1) is 17.1. The molecule has 28 heavy (non-hydrogen) atoms. The Morgan fingerprint density at radius 1 is 1.04 bits per heavy atom. The summed E-state index contributed by atoms with van der Waals surface area (Å²) >= 11 is 6.76. The van der Waals surface area contributed by atoms with Crippen LogP contribution in [-0.4, -0.2) is 20.5 Å². The average molecular weight is 388 g/mol. The lowest BCUT2D eigenvalue weighted by Crippen LogP contribution is -2.12. The minimum Gasteiger partial charge on any atom is -0.287 e. The van der Waals surface area contributed by atoms with Crippen LogP contribution in [0, 0.1) is 0 Å². The molecule has 0 bridgehead atoms. The van der Waals surface area contributed by atoms with Gasteiger partial charge in [0.05, 0.1) is 22.6 Å². The van der Waals surface area contributed by atoms with E-state index in [0.717, 1.165) is 28.5 Å². The van der Waals surface area contributed by atoms with Gasteiger partial charge in [0.2, 0.25) is 5.78 Å². The van der Waals surface area contributed by atoms with Crippen LogP contribution in [0.1, 0.15) is 45.7 Å². The first-order valence-electron chi connectivity index (χ1n) is 9.38. The molecule has 4 nitrogen and oxygen atoms in total. The molecule has 1 aliphatic carbocycles. The third-order valence-corrected chi connectivity index (χ3v) is 5.98. The van der Waals surface area contributed by atoms with Gasteiger partial charge in [-0.15, -0.1) is 0 Å². The third-order valence-electron chi connectivity index (χ3n) is 5.54. The molecule has 1 unspecified atom stereocenters. The van der Waals surface area contributed by atoms with Gasteiger partial charge in [0.15, 0.2) is 5.65 Å². The molecule has 2 aromatic carbocycles. The normalized spacial score (nSPS) is 14.4. The van der Waals surface area contributed by atoms with Crippen molar-refractivity contribution in [3.8, 4) is 0 Å². The molecule has 0 radical (unpaired) electrons. The van der Waals surface area contributed by atoms with Crippen molar-refractivity contribution >= 4 is 28.4 Å². The number of fused-ring (bicyclic) bond motifs is 3. The van der Waals surface area contributed by atoms with Gasteiger partial charge in [0.25, 0.3) is 0 Å². The van der Waals surface area contributed by atoms with Gasteiger partial charge in [0.1, 0.15) is 5.69 Å². The Morgan fingerprint density at radius 3 is 2.61 bits per heavy atom. The summed E-state index contributed by atoms with van der Waals surface area (Å²) in [6.07, 6.45) is 3.22. The molecule has 0 amide bonds. The van der Waals surface area contributed by atoms with Crippen molar-refractivity contribution in [2.24, 2.45) is 0 Å². The number of aromatic nitrogens is 3. The number of aryl methyl sites for hydroxylation is 1. The number of carbonyl (C=O) groups is 1. The number of hydrogen-bond acceptors (Lipinski definition) is 3. The van der Waals surface area contributed by atoms with E-state index < -0.39 is 0 Å². The van der Waals surface area contributed by atoms with E-state index in [9.17, 15) is 4.79 Å². The maximum atomic E-state index is 13.2. The summed E-state index contributed by atoms with van der Waals surface area (Å²) in [5.74, 6) is -0.0629. The van der Waals surface area contributed by atoms with E-state index in [1.54, 1.807) is 6.20 Å². The van der Waals surface area contributed by atoms with Crippen molar-refractivity contribution in [2.45, 2.75) is 25.8 Å². The molecule has 0 saturated heterocycles. The quantitative estimate of drug-likeness (QED) is 0.485. The largest absolute Gasteiger partial charge is 0.287 e. The highest BCUT2D eigenvalue weighted by molar-refractivity contribution is 6.36. The first-order valence-corrected chi connectivity index (χ1v) is 9.76. The SMILES string of the molecule is CC(c1ccccc1)n1ncc2c(Cl)c3c(nc21)C(=O)c1ccccc1CC3. The zero-order chi connectivity index (χ0) is 19.3. The molecule has 5 rings (SSSR count). The van der Waals surface area contributed by atoms with Crippen LogP contribution in [0.2, 0.25) is 5.02 Å². The topological polar surface area (TPSA) is 47.8 Å². The first-order chi connectivity index (χ1) is 13.6. The lowest BCUT2D eigenvalue weighted by atomic mass is 10.0. The molecular formula is C23H18ClN3O. The van der Waals surface area contributed by atoms with Crippen molar-refractivity contribution in [1.82, 2.24) is 14.8 Å². The van der Waals surface area contributed by atoms with Gasteiger partial charge in [-0.1, -0.05) is 66.2 Å². The number of benzene rings is 2. The Kier molecular flexibility index (Phi) is 4.02. The average Bonchev–Trinajstić information content (AvgIpc) is 3.11. The monoisotopic (exact) mass is 387 g/mol. The number of halogens is 1. The van der Waals surface area contributed by atoms with E-state index in [1.807, 2.05) is 47.1 Å². The Labute approximate surface area is 167 Å². The summed E-state index contributed by atoms with van der Waals surface area (Å²) in [6.45, 7) is 2.07. The van der Waals surface area contributed by atoms with E-state index in [-0.39, 0.29) is 11.8 Å².